The number of nitrogens with zero attached hydrogens (tertiary/aromatic N) is 1. The van der Waals surface area contributed by atoms with Gasteiger partial charge in [0, 0.05) is 22.5 Å². The van der Waals surface area contributed by atoms with Gasteiger partial charge in [-0.2, -0.15) is 0 Å². The second-order valence-electron chi connectivity index (χ2n) is 18.0. The van der Waals surface area contributed by atoms with Crippen LogP contribution in [0, 0.1) is 0 Å². The summed E-state index contributed by atoms with van der Waals surface area (Å²) in [5, 5.41) is 0. The molecular weight excluding hydrogens is 783 g/mol. The van der Waals surface area contributed by atoms with Gasteiger partial charge in [-0.1, -0.05) is 226 Å². The normalized spacial score (nSPS) is 15.1. The minimum absolute atomic E-state index is 0.151. The van der Waals surface area contributed by atoms with Crippen LogP contribution in [-0.2, 0) is 10.8 Å². The molecule has 1 heteroatoms. The van der Waals surface area contributed by atoms with Crippen LogP contribution < -0.4 is 4.90 Å². The highest BCUT2D eigenvalue weighted by molar-refractivity contribution is 5.93. The maximum Gasteiger partial charge on any atom is 0.0713 e. The molecule has 0 fully saturated rings. The van der Waals surface area contributed by atoms with Crippen molar-refractivity contribution in [3.63, 3.8) is 0 Å². The third-order valence-corrected chi connectivity index (χ3v) is 14.2. The third kappa shape index (κ3) is 6.15. The molecule has 0 amide bonds. The lowest BCUT2D eigenvalue weighted by atomic mass is 9.67. The van der Waals surface area contributed by atoms with E-state index in [0.29, 0.717) is 0 Å². The fourth-order valence-electron chi connectivity index (χ4n) is 11.1. The molecule has 12 rings (SSSR count). The Morgan fingerprint density at radius 1 is 0.262 bits per heavy atom. The fraction of sp³-hybridized carbons (Fsp3) is 0.0625. The number of benzene rings is 10. The average Bonchev–Trinajstić information content (AvgIpc) is 3.80. The summed E-state index contributed by atoms with van der Waals surface area (Å²) in [6.07, 6.45) is 0. The zero-order chi connectivity index (χ0) is 43.5. The van der Waals surface area contributed by atoms with Crippen molar-refractivity contribution in [2.75, 3.05) is 4.90 Å². The minimum atomic E-state index is -0.521. The zero-order valence-electron chi connectivity index (χ0n) is 36.6. The number of anilines is 3. The predicted octanol–water partition coefficient (Wildman–Crippen LogP) is 16.8. The van der Waals surface area contributed by atoms with Crippen molar-refractivity contribution < 1.29 is 0 Å². The van der Waals surface area contributed by atoms with Crippen molar-refractivity contribution in [3.05, 3.63) is 282 Å². The van der Waals surface area contributed by atoms with Crippen LogP contribution in [0.15, 0.2) is 249 Å². The molecule has 10 aromatic rings. The molecule has 2 aliphatic rings. The van der Waals surface area contributed by atoms with Crippen LogP contribution in [0.3, 0.4) is 0 Å². The van der Waals surface area contributed by atoms with E-state index in [2.05, 4.69) is 267 Å². The number of hydrogen-bond donors (Lipinski definition) is 0. The molecule has 0 aromatic heterocycles. The highest BCUT2D eigenvalue weighted by Gasteiger charge is 2.46. The average molecular weight is 830 g/mol. The molecule has 308 valence electrons. The van der Waals surface area contributed by atoms with Gasteiger partial charge in [-0.25, -0.2) is 0 Å². The van der Waals surface area contributed by atoms with E-state index in [1.165, 1.54) is 89.0 Å². The molecule has 0 heterocycles. The third-order valence-electron chi connectivity index (χ3n) is 14.2. The quantitative estimate of drug-likeness (QED) is 0.147. The van der Waals surface area contributed by atoms with E-state index in [-0.39, 0.29) is 5.41 Å². The fourth-order valence-corrected chi connectivity index (χ4v) is 11.1. The number of rotatable bonds is 8. The van der Waals surface area contributed by atoms with Crippen LogP contribution in [0.25, 0.3) is 55.6 Å². The lowest BCUT2D eigenvalue weighted by molar-refractivity contribution is 0.660. The van der Waals surface area contributed by atoms with Crippen molar-refractivity contribution in [1.82, 2.24) is 0 Å². The Hall–Kier alpha value is -8.00. The van der Waals surface area contributed by atoms with Crippen LogP contribution in [0.2, 0.25) is 0 Å². The Morgan fingerprint density at radius 2 is 0.677 bits per heavy atom. The second-order valence-corrected chi connectivity index (χ2v) is 18.0. The minimum Gasteiger partial charge on any atom is -0.310 e. The lowest BCUT2D eigenvalue weighted by Gasteiger charge is -2.34. The van der Waals surface area contributed by atoms with Crippen LogP contribution in [0.4, 0.5) is 17.1 Å². The summed E-state index contributed by atoms with van der Waals surface area (Å²) in [6, 6.07) is 92.1. The van der Waals surface area contributed by atoms with Crippen molar-refractivity contribution >= 4 is 17.1 Å². The summed E-state index contributed by atoms with van der Waals surface area (Å²) in [4.78, 5) is 2.49. The van der Waals surface area contributed by atoms with Crippen LogP contribution >= 0.6 is 0 Å². The molecule has 0 aliphatic heterocycles. The summed E-state index contributed by atoms with van der Waals surface area (Å²) < 4.78 is 0. The summed E-state index contributed by atoms with van der Waals surface area (Å²) >= 11 is 0. The van der Waals surface area contributed by atoms with E-state index in [9.17, 15) is 0 Å². The topological polar surface area (TPSA) is 3.24 Å². The smallest absolute Gasteiger partial charge is 0.0713 e. The molecule has 2 aliphatic carbocycles. The molecule has 1 atom stereocenters. The molecule has 10 aromatic carbocycles. The first-order chi connectivity index (χ1) is 32.0. The van der Waals surface area contributed by atoms with Crippen LogP contribution in [0.5, 0.6) is 0 Å². The van der Waals surface area contributed by atoms with Gasteiger partial charge in [0.1, 0.15) is 0 Å². The summed E-state index contributed by atoms with van der Waals surface area (Å²) in [5.41, 5.74) is 22.9. The van der Waals surface area contributed by atoms with Gasteiger partial charge in [0.2, 0.25) is 0 Å². The van der Waals surface area contributed by atoms with Gasteiger partial charge in [0.25, 0.3) is 0 Å². The van der Waals surface area contributed by atoms with Gasteiger partial charge < -0.3 is 4.90 Å². The molecule has 1 unspecified atom stereocenters. The molecule has 0 saturated carbocycles. The Labute approximate surface area is 382 Å². The molecule has 0 spiro atoms. The maximum absolute atomic E-state index is 2.49. The highest BCUT2D eigenvalue weighted by atomic mass is 15.1. The van der Waals surface area contributed by atoms with Gasteiger partial charge >= 0.3 is 0 Å². The first-order valence-electron chi connectivity index (χ1n) is 22.8. The van der Waals surface area contributed by atoms with E-state index in [1.54, 1.807) is 0 Å². The number of fused-ring (bicyclic) bond motifs is 6. The molecule has 1 nitrogen and oxygen atoms in total. The van der Waals surface area contributed by atoms with E-state index in [4.69, 9.17) is 0 Å². The van der Waals surface area contributed by atoms with Crippen molar-refractivity contribution in [2.45, 2.75) is 24.7 Å². The Morgan fingerprint density at radius 3 is 1.32 bits per heavy atom. The Kier molecular flexibility index (Phi) is 9.14. The molecule has 0 N–H and O–H groups in total. The summed E-state index contributed by atoms with van der Waals surface area (Å²) in [7, 11) is 0. The molecule has 0 saturated heterocycles. The predicted molar refractivity (Wildman–Crippen MR) is 272 cm³/mol. The highest BCUT2D eigenvalue weighted by Crippen LogP contribution is 2.58. The number of hydrogen-bond acceptors (Lipinski definition) is 1. The standard InChI is InChI=1S/C64H47N/c1-63(2)59-29-17-15-27-54(59)56-39-36-52(43-62(56)63)65(50-35-38-53(46-21-9-4-10-22-46)57(41-50)47-23-11-5-12-24-47)51-37-40-61-58(42-51)55-28-16-18-30-60(55)64(61,48-25-13-6-14-26-48)49-33-31-45(32-34-49)44-19-7-3-8-20-44/h3-43H,1-2H3. The van der Waals surface area contributed by atoms with Crippen LogP contribution in [0.1, 0.15) is 47.2 Å². The molecular formula is C64H47N. The maximum atomic E-state index is 2.49. The van der Waals surface area contributed by atoms with Crippen molar-refractivity contribution in [2.24, 2.45) is 0 Å². The summed E-state index contributed by atoms with van der Waals surface area (Å²) in [5.74, 6) is 0. The van der Waals surface area contributed by atoms with Gasteiger partial charge in [0.05, 0.1) is 5.41 Å². The van der Waals surface area contributed by atoms with E-state index in [1.807, 2.05) is 0 Å². The van der Waals surface area contributed by atoms with Gasteiger partial charge in [-0.05, 0) is 125 Å². The van der Waals surface area contributed by atoms with Gasteiger partial charge in [0.15, 0.2) is 0 Å². The SMILES string of the molecule is CC1(C)c2ccccc2-c2ccc(N(c3ccc(-c4ccccc4)c(-c4ccccc4)c3)c3ccc4c(c3)-c3ccccc3C4(c3ccccc3)c3ccc(-c4ccccc4)cc3)cc21. The first-order valence-corrected chi connectivity index (χ1v) is 22.8. The van der Waals surface area contributed by atoms with Crippen molar-refractivity contribution in [3.8, 4) is 55.6 Å². The zero-order valence-corrected chi connectivity index (χ0v) is 36.6. The van der Waals surface area contributed by atoms with E-state index in [0.717, 1.165) is 17.1 Å². The largest absolute Gasteiger partial charge is 0.310 e. The Bertz CT molecular complexity index is 3370. The van der Waals surface area contributed by atoms with Crippen molar-refractivity contribution in [1.29, 1.82) is 0 Å². The van der Waals surface area contributed by atoms with E-state index < -0.39 is 5.41 Å². The summed E-state index contributed by atoms with van der Waals surface area (Å²) in [6.45, 7) is 4.74. The monoisotopic (exact) mass is 829 g/mol. The molecule has 0 bridgehead atoms. The Balaban J connectivity index is 1.09. The first kappa shape index (κ1) is 38.7. The molecule has 0 radical (unpaired) electrons. The van der Waals surface area contributed by atoms with E-state index >= 15 is 0 Å². The van der Waals surface area contributed by atoms with Gasteiger partial charge in [-0.3, -0.25) is 0 Å². The molecule has 65 heavy (non-hydrogen) atoms. The van der Waals surface area contributed by atoms with Gasteiger partial charge in [-0.15, -0.1) is 0 Å². The van der Waals surface area contributed by atoms with Crippen LogP contribution in [-0.4, -0.2) is 0 Å². The second kappa shape index (κ2) is 15.4. The lowest BCUT2D eigenvalue weighted by Crippen LogP contribution is -2.28.